The summed E-state index contributed by atoms with van der Waals surface area (Å²) < 4.78 is 5.53. The molecule has 0 aliphatic carbocycles. The predicted octanol–water partition coefficient (Wildman–Crippen LogP) is 1.21. The van der Waals surface area contributed by atoms with Crippen LogP contribution < -0.4 is 5.73 Å². The molecule has 2 aliphatic rings. The van der Waals surface area contributed by atoms with Crippen LogP contribution in [-0.4, -0.2) is 43.2 Å². The van der Waals surface area contributed by atoms with Gasteiger partial charge in [0.15, 0.2) is 5.96 Å². The second kappa shape index (κ2) is 5.53. The van der Waals surface area contributed by atoms with Gasteiger partial charge < -0.3 is 15.4 Å². The molecule has 0 aromatic rings. The van der Waals surface area contributed by atoms with Gasteiger partial charge in [0.2, 0.25) is 0 Å². The molecule has 0 aromatic heterocycles. The van der Waals surface area contributed by atoms with E-state index in [4.69, 9.17) is 10.5 Å². The third-order valence-electron chi connectivity index (χ3n) is 3.59. The van der Waals surface area contributed by atoms with Crippen molar-refractivity contribution in [2.24, 2.45) is 16.6 Å². The lowest BCUT2D eigenvalue weighted by molar-refractivity contribution is 0.117. The lowest BCUT2D eigenvalue weighted by atomic mass is 10.00. The second-order valence-electron chi connectivity index (χ2n) is 5.00. The van der Waals surface area contributed by atoms with Gasteiger partial charge >= 0.3 is 0 Å². The summed E-state index contributed by atoms with van der Waals surface area (Å²) in [7, 11) is 0. The highest BCUT2D eigenvalue weighted by Crippen LogP contribution is 2.16. The van der Waals surface area contributed by atoms with E-state index in [-0.39, 0.29) is 0 Å². The van der Waals surface area contributed by atoms with Gasteiger partial charge in [-0.25, -0.2) is 0 Å². The highest BCUT2D eigenvalue weighted by Gasteiger charge is 2.18. The van der Waals surface area contributed by atoms with Crippen molar-refractivity contribution in [3.05, 3.63) is 0 Å². The molecule has 1 atom stereocenters. The number of aliphatic imine (C=N–C) groups is 1. The molecule has 2 aliphatic heterocycles. The van der Waals surface area contributed by atoms with Gasteiger partial charge in [-0.2, -0.15) is 0 Å². The van der Waals surface area contributed by atoms with Crippen LogP contribution >= 0.6 is 0 Å². The van der Waals surface area contributed by atoms with Crippen LogP contribution in [0.4, 0.5) is 0 Å². The number of guanidine groups is 1. The van der Waals surface area contributed by atoms with Crippen LogP contribution in [0.2, 0.25) is 0 Å². The fourth-order valence-electron chi connectivity index (χ4n) is 2.32. The largest absolute Gasteiger partial charge is 0.376 e. The number of nitrogens with two attached hydrogens (primary N) is 1. The molecule has 0 radical (unpaired) electrons. The fourth-order valence-corrected chi connectivity index (χ4v) is 2.32. The Morgan fingerprint density at radius 3 is 2.75 bits per heavy atom. The Hall–Kier alpha value is -0.770. The molecule has 2 fully saturated rings. The maximum absolute atomic E-state index is 5.99. The van der Waals surface area contributed by atoms with Gasteiger partial charge in [-0.05, 0) is 31.6 Å². The van der Waals surface area contributed by atoms with E-state index >= 15 is 0 Å². The third kappa shape index (κ3) is 3.11. The lowest BCUT2D eigenvalue weighted by Gasteiger charge is -2.31. The Kier molecular flexibility index (Phi) is 4.04. The smallest absolute Gasteiger partial charge is 0.191 e. The Morgan fingerprint density at radius 1 is 1.38 bits per heavy atom. The molecule has 2 rings (SSSR count). The van der Waals surface area contributed by atoms with Crippen LogP contribution in [0.25, 0.3) is 0 Å². The van der Waals surface area contributed by atoms with Gasteiger partial charge in [-0.3, -0.25) is 4.99 Å². The van der Waals surface area contributed by atoms with Crippen molar-refractivity contribution < 1.29 is 4.74 Å². The van der Waals surface area contributed by atoms with Crippen LogP contribution in [0.15, 0.2) is 4.99 Å². The van der Waals surface area contributed by atoms with E-state index in [9.17, 15) is 0 Å². The average molecular weight is 225 g/mol. The van der Waals surface area contributed by atoms with E-state index in [2.05, 4.69) is 16.8 Å². The Morgan fingerprint density at radius 2 is 2.12 bits per heavy atom. The van der Waals surface area contributed by atoms with Gasteiger partial charge in [0.1, 0.15) is 0 Å². The molecule has 4 nitrogen and oxygen atoms in total. The minimum Gasteiger partial charge on any atom is -0.376 e. The van der Waals surface area contributed by atoms with E-state index in [0.717, 1.165) is 38.6 Å². The van der Waals surface area contributed by atoms with E-state index in [1.54, 1.807) is 0 Å². The zero-order valence-corrected chi connectivity index (χ0v) is 10.2. The summed E-state index contributed by atoms with van der Waals surface area (Å²) >= 11 is 0. The van der Waals surface area contributed by atoms with Gasteiger partial charge in [-0.1, -0.05) is 6.92 Å². The first kappa shape index (κ1) is 11.7. The molecular formula is C12H23N3O. The minimum atomic E-state index is 0.308. The molecule has 2 heterocycles. The van der Waals surface area contributed by atoms with Crippen LogP contribution in [0.5, 0.6) is 0 Å². The summed E-state index contributed by atoms with van der Waals surface area (Å²) in [5.41, 5.74) is 5.99. The number of piperidine rings is 1. The number of hydrogen-bond donors (Lipinski definition) is 1. The molecule has 16 heavy (non-hydrogen) atoms. The quantitative estimate of drug-likeness (QED) is 0.568. The molecular weight excluding hydrogens is 202 g/mol. The molecule has 4 heteroatoms. The Bertz CT molecular complexity index is 241. The molecule has 0 spiro atoms. The summed E-state index contributed by atoms with van der Waals surface area (Å²) in [4.78, 5) is 6.65. The third-order valence-corrected chi connectivity index (χ3v) is 3.59. The van der Waals surface area contributed by atoms with Crippen molar-refractivity contribution in [3.63, 3.8) is 0 Å². The monoisotopic (exact) mass is 225 g/mol. The first-order valence-corrected chi connectivity index (χ1v) is 6.42. The number of rotatable bonds is 2. The molecule has 0 amide bonds. The Balaban J connectivity index is 1.77. The standard InChI is InChI=1S/C12H23N3O/c1-10-4-6-15(7-5-10)12(13)14-9-11-3-2-8-16-11/h10-11H,2-9H2,1H3,(H2,13,14). The van der Waals surface area contributed by atoms with Crippen molar-refractivity contribution in [1.29, 1.82) is 0 Å². The lowest BCUT2D eigenvalue weighted by Crippen LogP contribution is -2.42. The molecule has 0 saturated carbocycles. The average Bonchev–Trinajstić information content (AvgIpc) is 2.80. The zero-order valence-electron chi connectivity index (χ0n) is 10.2. The molecule has 92 valence electrons. The molecule has 2 saturated heterocycles. The maximum Gasteiger partial charge on any atom is 0.191 e. The van der Waals surface area contributed by atoms with Crippen molar-refractivity contribution in [1.82, 2.24) is 4.90 Å². The van der Waals surface area contributed by atoms with E-state index < -0.39 is 0 Å². The van der Waals surface area contributed by atoms with E-state index in [1.807, 2.05) is 0 Å². The van der Waals surface area contributed by atoms with Gasteiger partial charge in [0.05, 0.1) is 12.6 Å². The highest BCUT2D eigenvalue weighted by molar-refractivity contribution is 5.78. The minimum absolute atomic E-state index is 0.308. The first-order chi connectivity index (χ1) is 7.75. The number of hydrogen-bond acceptors (Lipinski definition) is 2. The van der Waals surface area contributed by atoms with Gasteiger partial charge in [0.25, 0.3) is 0 Å². The van der Waals surface area contributed by atoms with Crippen LogP contribution in [0.3, 0.4) is 0 Å². The summed E-state index contributed by atoms with van der Waals surface area (Å²) in [5, 5.41) is 0. The number of ether oxygens (including phenoxy) is 1. The van der Waals surface area contributed by atoms with E-state index in [1.165, 1.54) is 19.3 Å². The molecule has 2 N–H and O–H groups in total. The Labute approximate surface area is 97.9 Å². The van der Waals surface area contributed by atoms with Crippen molar-refractivity contribution in [3.8, 4) is 0 Å². The van der Waals surface area contributed by atoms with Crippen molar-refractivity contribution in [2.45, 2.75) is 38.7 Å². The molecule has 1 unspecified atom stereocenters. The topological polar surface area (TPSA) is 50.8 Å². The maximum atomic E-state index is 5.99. The first-order valence-electron chi connectivity index (χ1n) is 6.42. The van der Waals surface area contributed by atoms with Crippen LogP contribution in [0.1, 0.15) is 32.6 Å². The summed E-state index contributed by atoms with van der Waals surface area (Å²) in [6, 6.07) is 0. The number of nitrogens with zero attached hydrogens (tertiary/aromatic N) is 2. The van der Waals surface area contributed by atoms with Crippen molar-refractivity contribution in [2.75, 3.05) is 26.2 Å². The summed E-state index contributed by atoms with van der Waals surface area (Å²) in [6.07, 6.45) is 5.07. The summed E-state index contributed by atoms with van der Waals surface area (Å²) in [6.45, 7) is 6.04. The van der Waals surface area contributed by atoms with E-state index in [0.29, 0.717) is 12.1 Å². The highest BCUT2D eigenvalue weighted by atomic mass is 16.5. The molecule has 0 bridgehead atoms. The van der Waals surface area contributed by atoms with Crippen LogP contribution in [-0.2, 0) is 4.74 Å². The van der Waals surface area contributed by atoms with Gasteiger partial charge in [0, 0.05) is 19.7 Å². The SMILES string of the molecule is CC1CCN(C(N)=NCC2CCCO2)CC1. The summed E-state index contributed by atoms with van der Waals surface area (Å²) in [5.74, 6) is 1.55. The molecule has 0 aromatic carbocycles. The zero-order chi connectivity index (χ0) is 11.4. The predicted molar refractivity (Wildman–Crippen MR) is 65.4 cm³/mol. The number of likely N-dealkylation sites (tertiary alicyclic amines) is 1. The normalized spacial score (nSPS) is 28.7. The van der Waals surface area contributed by atoms with Crippen molar-refractivity contribution >= 4 is 5.96 Å². The second-order valence-corrected chi connectivity index (χ2v) is 5.00. The van der Waals surface area contributed by atoms with Gasteiger partial charge in [-0.15, -0.1) is 0 Å². The van der Waals surface area contributed by atoms with Crippen LogP contribution in [0, 0.1) is 5.92 Å². The fraction of sp³-hybridized carbons (Fsp3) is 0.917.